The summed E-state index contributed by atoms with van der Waals surface area (Å²) in [7, 11) is 0. The molecule has 0 atom stereocenters. The lowest BCUT2D eigenvalue weighted by molar-refractivity contribution is 0.488. The molecule has 7 aromatic carbocycles. The molecular weight excluding hydrogens is 528 g/mol. The third-order valence-electron chi connectivity index (χ3n) is 8.29. The fraction of sp³-hybridized carbons (Fsp3) is 0. The van der Waals surface area contributed by atoms with E-state index in [9.17, 15) is 0 Å². The summed E-state index contributed by atoms with van der Waals surface area (Å²) in [6, 6.07) is 50.2. The van der Waals surface area contributed by atoms with Crippen molar-refractivity contribution in [2.24, 2.45) is 0 Å². The molecule has 4 nitrogen and oxygen atoms in total. The highest BCUT2D eigenvalue weighted by Gasteiger charge is 2.17. The van der Waals surface area contributed by atoms with E-state index < -0.39 is 0 Å². The zero-order valence-corrected chi connectivity index (χ0v) is 23.1. The molecule has 0 saturated carbocycles. The summed E-state index contributed by atoms with van der Waals surface area (Å²) in [6.45, 7) is 0. The lowest BCUT2D eigenvalue weighted by Crippen LogP contribution is -1.96. The fourth-order valence-corrected chi connectivity index (χ4v) is 6.33. The maximum absolute atomic E-state index is 6.49. The molecule has 2 heterocycles. The van der Waals surface area contributed by atoms with Crippen LogP contribution in [0, 0.1) is 0 Å². The molecule has 0 fully saturated rings. The third-order valence-corrected chi connectivity index (χ3v) is 8.29. The second-order valence-electron chi connectivity index (χ2n) is 10.8. The van der Waals surface area contributed by atoms with Gasteiger partial charge in [-0.25, -0.2) is 4.98 Å². The fourth-order valence-electron chi connectivity index (χ4n) is 6.33. The van der Waals surface area contributed by atoms with Gasteiger partial charge in [-0.3, -0.25) is 0 Å². The standard InChI is InChI=1S/C39H24N2O2/c1-2-10-28-25(9-1)19-22-35-38(28)31-13-5-7-15-33(31)41(35)34-23-24-36(30-12-4-3-11-29(30)34)42-27-20-17-26(18-21-27)39-40-32-14-6-8-16-37(32)43-39/h1-24H. The lowest BCUT2D eigenvalue weighted by Gasteiger charge is -2.15. The van der Waals surface area contributed by atoms with Crippen LogP contribution >= 0.6 is 0 Å². The van der Waals surface area contributed by atoms with Gasteiger partial charge in [-0.15, -0.1) is 0 Å². The SMILES string of the molecule is c1ccc2c(c1)ccc1c2c2ccccc2n1-c1ccc(Oc2ccc(-c3nc4ccccc4o3)cc2)c2ccccc12. The Morgan fingerprint density at radius 1 is 0.535 bits per heavy atom. The van der Waals surface area contributed by atoms with E-state index in [0.717, 1.165) is 44.6 Å². The van der Waals surface area contributed by atoms with Crippen LogP contribution in [0.2, 0.25) is 0 Å². The number of rotatable bonds is 4. The molecule has 0 N–H and O–H groups in total. The number of aromatic nitrogens is 2. The van der Waals surface area contributed by atoms with Crippen molar-refractivity contribution < 1.29 is 9.15 Å². The Hall–Kier alpha value is -5.87. The van der Waals surface area contributed by atoms with Gasteiger partial charge in [0.15, 0.2) is 5.58 Å². The van der Waals surface area contributed by atoms with Crippen LogP contribution in [0.4, 0.5) is 0 Å². The number of oxazole rings is 1. The van der Waals surface area contributed by atoms with Gasteiger partial charge in [-0.05, 0) is 71.4 Å². The predicted molar refractivity (Wildman–Crippen MR) is 175 cm³/mol. The Morgan fingerprint density at radius 2 is 1.26 bits per heavy atom. The maximum atomic E-state index is 6.49. The summed E-state index contributed by atoms with van der Waals surface area (Å²) in [5.74, 6) is 2.16. The predicted octanol–water partition coefficient (Wildman–Crippen LogP) is 10.7. The Bertz CT molecular complexity index is 2450. The number of benzene rings is 7. The number of hydrogen-bond acceptors (Lipinski definition) is 3. The van der Waals surface area contributed by atoms with Crippen molar-refractivity contribution >= 4 is 54.5 Å². The number of para-hydroxylation sites is 3. The molecule has 0 spiro atoms. The van der Waals surface area contributed by atoms with E-state index >= 15 is 0 Å². The minimum atomic E-state index is 0.599. The van der Waals surface area contributed by atoms with E-state index in [2.05, 4.69) is 107 Å². The van der Waals surface area contributed by atoms with E-state index in [-0.39, 0.29) is 0 Å². The van der Waals surface area contributed by atoms with Crippen LogP contribution in [0.15, 0.2) is 150 Å². The van der Waals surface area contributed by atoms with Crippen molar-refractivity contribution in [3.8, 4) is 28.6 Å². The van der Waals surface area contributed by atoms with Crippen molar-refractivity contribution in [1.29, 1.82) is 0 Å². The van der Waals surface area contributed by atoms with Crippen LogP contribution in [-0.4, -0.2) is 9.55 Å². The Balaban J connectivity index is 1.16. The van der Waals surface area contributed by atoms with Crippen LogP contribution in [0.1, 0.15) is 0 Å². The quantitative estimate of drug-likeness (QED) is 0.218. The van der Waals surface area contributed by atoms with E-state index in [0.29, 0.717) is 5.89 Å². The summed E-state index contributed by atoms with van der Waals surface area (Å²) >= 11 is 0. The molecule has 4 heteroatoms. The van der Waals surface area contributed by atoms with Crippen LogP contribution in [-0.2, 0) is 0 Å². The second-order valence-corrected chi connectivity index (χ2v) is 10.8. The Labute approximate surface area is 247 Å². The normalized spacial score (nSPS) is 11.7. The monoisotopic (exact) mass is 552 g/mol. The Kier molecular flexibility index (Phi) is 5.16. The largest absolute Gasteiger partial charge is 0.457 e. The highest BCUT2D eigenvalue weighted by atomic mass is 16.5. The van der Waals surface area contributed by atoms with E-state index in [1.54, 1.807) is 0 Å². The molecule has 0 aliphatic carbocycles. The number of ether oxygens (including phenoxy) is 1. The smallest absolute Gasteiger partial charge is 0.227 e. The van der Waals surface area contributed by atoms with E-state index in [4.69, 9.17) is 9.15 Å². The van der Waals surface area contributed by atoms with Crippen molar-refractivity contribution in [1.82, 2.24) is 9.55 Å². The van der Waals surface area contributed by atoms with Gasteiger partial charge in [-0.2, -0.15) is 0 Å². The Morgan fingerprint density at radius 3 is 2.12 bits per heavy atom. The molecule has 2 aromatic heterocycles. The number of fused-ring (bicyclic) bond motifs is 7. The molecule has 9 aromatic rings. The van der Waals surface area contributed by atoms with Gasteiger partial charge >= 0.3 is 0 Å². The summed E-state index contributed by atoms with van der Waals surface area (Å²) in [4.78, 5) is 4.62. The van der Waals surface area contributed by atoms with Crippen LogP contribution in [0.25, 0.3) is 71.6 Å². The van der Waals surface area contributed by atoms with Gasteiger partial charge in [0.25, 0.3) is 0 Å². The first-order chi connectivity index (χ1) is 21.3. The van der Waals surface area contributed by atoms with Crippen LogP contribution in [0.5, 0.6) is 11.5 Å². The first-order valence-electron chi connectivity index (χ1n) is 14.4. The molecule has 0 radical (unpaired) electrons. The summed E-state index contributed by atoms with van der Waals surface area (Å²) in [6.07, 6.45) is 0. The van der Waals surface area contributed by atoms with Crippen LogP contribution in [0.3, 0.4) is 0 Å². The summed E-state index contributed by atoms with van der Waals surface area (Å²) in [5.41, 5.74) is 6.02. The molecule has 9 rings (SSSR count). The first-order valence-corrected chi connectivity index (χ1v) is 14.4. The van der Waals surface area contributed by atoms with Crippen LogP contribution < -0.4 is 4.74 Å². The van der Waals surface area contributed by atoms with Gasteiger partial charge in [0, 0.05) is 27.1 Å². The zero-order chi connectivity index (χ0) is 28.3. The van der Waals surface area contributed by atoms with Gasteiger partial charge in [0.1, 0.15) is 17.0 Å². The third kappa shape index (κ3) is 3.74. The molecular formula is C39H24N2O2. The van der Waals surface area contributed by atoms with Crippen molar-refractivity contribution in [2.45, 2.75) is 0 Å². The minimum absolute atomic E-state index is 0.599. The molecule has 0 aliphatic rings. The van der Waals surface area contributed by atoms with Crippen molar-refractivity contribution in [3.63, 3.8) is 0 Å². The average molecular weight is 553 g/mol. The second kappa shape index (κ2) is 9.33. The molecule has 0 aliphatic heterocycles. The lowest BCUT2D eigenvalue weighted by atomic mass is 10.0. The van der Waals surface area contributed by atoms with Gasteiger partial charge < -0.3 is 13.7 Å². The van der Waals surface area contributed by atoms with E-state index in [1.165, 1.54) is 32.6 Å². The molecule has 43 heavy (non-hydrogen) atoms. The summed E-state index contributed by atoms with van der Waals surface area (Å²) < 4.78 is 14.8. The van der Waals surface area contributed by atoms with Gasteiger partial charge in [0.05, 0.1) is 16.7 Å². The highest BCUT2D eigenvalue weighted by molar-refractivity contribution is 6.21. The van der Waals surface area contributed by atoms with Crippen molar-refractivity contribution in [3.05, 3.63) is 146 Å². The zero-order valence-electron chi connectivity index (χ0n) is 23.1. The summed E-state index contributed by atoms with van der Waals surface area (Å²) in [5, 5.41) is 7.21. The topological polar surface area (TPSA) is 40.2 Å². The minimum Gasteiger partial charge on any atom is -0.457 e. The first kappa shape index (κ1) is 23.8. The molecule has 202 valence electrons. The van der Waals surface area contributed by atoms with Gasteiger partial charge in [-0.1, -0.05) is 84.9 Å². The van der Waals surface area contributed by atoms with Crippen molar-refractivity contribution in [2.75, 3.05) is 0 Å². The highest BCUT2D eigenvalue weighted by Crippen LogP contribution is 2.40. The van der Waals surface area contributed by atoms with Gasteiger partial charge in [0.2, 0.25) is 5.89 Å². The molecule has 0 saturated heterocycles. The number of hydrogen-bond donors (Lipinski definition) is 0. The maximum Gasteiger partial charge on any atom is 0.227 e. The number of nitrogens with zero attached hydrogens (tertiary/aromatic N) is 2. The molecule has 0 bridgehead atoms. The molecule has 0 amide bonds. The average Bonchev–Trinajstić information content (AvgIpc) is 3.65. The van der Waals surface area contributed by atoms with E-state index in [1.807, 2.05) is 48.5 Å². The molecule has 0 unspecified atom stereocenters.